The van der Waals surface area contributed by atoms with Crippen molar-refractivity contribution in [2.45, 2.75) is 40.0 Å². The number of rotatable bonds is 3. The van der Waals surface area contributed by atoms with E-state index in [2.05, 4.69) is 32.2 Å². The molecule has 4 nitrogen and oxygen atoms in total. The van der Waals surface area contributed by atoms with Crippen molar-refractivity contribution < 1.29 is 8.42 Å². The Morgan fingerprint density at radius 1 is 1.40 bits per heavy atom. The molecule has 0 amide bonds. The first-order valence-electron chi connectivity index (χ1n) is 7.67. The van der Waals surface area contributed by atoms with Crippen LogP contribution >= 0.6 is 0 Å². The van der Waals surface area contributed by atoms with E-state index in [-0.39, 0.29) is 11.3 Å². The fourth-order valence-electron chi connectivity index (χ4n) is 3.05. The van der Waals surface area contributed by atoms with Crippen molar-refractivity contribution in [2.75, 3.05) is 31.9 Å². The molecule has 2 heterocycles. The Morgan fingerprint density at radius 3 is 2.65 bits per heavy atom. The quantitative estimate of drug-likeness (QED) is 0.811. The van der Waals surface area contributed by atoms with Crippen LogP contribution in [0, 0.1) is 11.3 Å². The predicted molar refractivity (Wildman–Crippen MR) is 83.1 cm³/mol. The van der Waals surface area contributed by atoms with Crippen LogP contribution in [0.2, 0.25) is 0 Å². The predicted octanol–water partition coefficient (Wildman–Crippen LogP) is 1.99. The number of piperidine rings is 1. The molecule has 20 heavy (non-hydrogen) atoms. The average molecular weight is 300 g/mol. The third-order valence-corrected chi connectivity index (χ3v) is 6.38. The number of nitrogens with one attached hydrogen (secondary N) is 1. The van der Waals surface area contributed by atoms with Gasteiger partial charge in [0.1, 0.15) is 0 Å². The standard InChI is InChI=1S/C15H28N2O2S/c1-15(2,3)14-6-9-17(10-7-14)20(18,19)12-13-5-4-8-16-11-13/h6,13,16H,4-5,7-12H2,1-3H3. The number of nitrogens with zero attached hydrogens (tertiary/aromatic N) is 1. The summed E-state index contributed by atoms with van der Waals surface area (Å²) in [5.74, 6) is 0.584. The normalized spacial score (nSPS) is 26.4. The average Bonchev–Trinajstić information content (AvgIpc) is 2.38. The van der Waals surface area contributed by atoms with Crippen LogP contribution in [0.1, 0.15) is 40.0 Å². The Bertz CT molecular complexity index is 457. The maximum absolute atomic E-state index is 12.5. The van der Waals surface area contributed by atoms with Gasteiger partial charge in [-0.3, -0.25) is 0 Å². The SMILES string of the molecule is CC(C)(C)C1=CCN(S(=O)(=O)CC2CCCNC2)CC1. The van der Waals surface area contributed by atoms with Gasteiger partial charge in [-0.2, -0.15) is 4.31 Å². The van der Waals surface area contributed by atoms with Gasteiger partial charge in [0.05, 0.1) is 5.75 Å². The highest BCUT2D eigenvalue weighted by atomic mass is 32.2. The molecule has 1 atom stereocenters. The van der Waals surface area contributed by atoms with Gasteiger partial charge in [-0.25, -0.2) is 8.42 Å². The van der Waals surface area contributed by atoms with Gasteiger partial charge in [0.15, 0.2) is 0 Å². The first-order chi connectivity index (χ1) is 9.29. The van der Waals surface area contributed by atoms with Crippen molar-refractivity contribution in [3.8, 4) is 0 Å². The summed E-state index contributed by atoms with van der Waals surface area (Å²) in [6.45, 7) is 9.64. The zero-order chi connectivity index (χ0) is 14.8. The van der Waals surface area contributed by atoms with Crippen LogP contribution < -0.4 is 5.32 Å². The largest absolute Gasteiger partial charge is 0.316 e. The molecular weight excluding hydrogens is 272 g/mol. The van der Waals surface area contributed by atoms with E-state index in [1.54, 1.807) is 4.31 Å². The van der Waals surface area contributed by atoms with Crippen molar-refractivity contribution in [1.82, 2.24) is 9.62 Å². The van der Waals surface area contributed by atoms with E-state index in [0.717, 1.165) is 32.4 Å². The van der Waals surface area contributed by atoms with E-state index in [0.29, 0.717) is 18.8 Å². The zero-order valence-electron chi connectivity index (χ0n) is 13.0. The van der Waals surface area contributed by atoms with Gasteiger partial charge in [-0.05, 0) is 43.7 Å². The summed E-state index contributed by atoms with van der Waals surface area (Å²) in [7, 11) is -3.10. The molecule has 0 bridgehead atoms. The van der Waals surface area contributed by atoms with E-state index < -0.39 is 10.0 Å². The minimum absolute atomic E-state index is 0.156. The molecule has 0 aromatic heterocycles. The van der Waals surface area contributed by atoms with Crippen LogP contribution in [0.4, 0.5) is 0 Å². The van der Waals surface area contributed by atoms with E-state index >= 15 is 0 Å². The summed E-state index contributed by atoms with van der Waals surface area (Å²) in [6.07, 6.45) is 5.10. The summed E-state index contributed by atoms with van der Waals surface area (Å²) in [4.78, 5) is 0. The highest BCUT2D eigenvalue weighted by Crippen LogP contribution is 2.31. The van der Waals surface area contributed by atoms with Gasteiger partial charge in [0.25, 0.3) is 0 Å². The Morgan fingerprint density at radius 2 is 2.15 bits per heavy atom. The Kier molecular flexibility index (Phi) is 4.92. The maximum Gasteiger partial charge on any atom is 0.214 e. The van der Waals surface area contributed by atoms with E-state index in [1.165, 1.54) is 5.57 Å². The molecule has 116 valence electrons. The molecule has 0 saturated carbocycles. The molecule has 1 saturated heterocycles. The van der Waals surface area contributed by atoms with Crippen LogP contribution in [0.3, 0.4) is 0 Å². The fraction of sp³-hybridized carbons (Fsp3) is 0.867. The first-order valence-corrected chi connectivity index (χ1v) is 9.28. The second-order valence-electron chi connectivity index (χ2n) is 7.08. The van der Waals surface area contributed by atoms with Crippen LogP contribution in [0.15, 0.2) is 11.6 Å². The molecule has 2 aliphatic rings. The molecule has 0 aromatic carbocycles. The molecule has 1 fully saturated rings. The molecule has 5 heteroatoms. The van der Waals surface area contributed by atoms with Crippen molar-refractivity contribution in [3.63, 3.8) is 0 Å². The maximum atomic E-state index is 12.5. The summed E-state index contributed by atoms with van der Waals surface area (Å²) < 4.78 is 26.6. The van der Waals surface area contributed by atoms with E-state index in [4.69, 9.17) is 0 Å². The molecule has 0 spiro atoms. The molecule has 0 aliphatic carbocycles. The minimum Gasteiger partial charge on any atom is -0.316 e. The van der Waals surface area contributed by atoms with Crippen LogP contribution in [0.5, 0.6) is 0 Å². The lowest BCUT2D eigenvalue weighted by Gasteiger charge is -2.33. The fourth-order valence-corrected chi connectivity index (χ4v) is 4.82. The number of sulfonamides is 1. The molecule has 2 aliphatic heterocycles. The monoisotopic (exact) mass is 300 g/mol. The van der Waals surface area contributed by atoms with Crippen molar-refractivity contribution in [3.05, 3.63) is 11.6 Å². The molecular formula is C15H28N2O2S. The van der Waals surface area contributed by atoms with Gasteiger partial charge in [-0.1, -0.05) is 32.4 Å². The highest BCUT2D eigenvalue weighted by Gasteiger charge is 2.30. The zero-order valence-corrected chi connectivity index (χ0v) is 13.8. The second-order valence-corrected chi connectivity index (χ2v) is 9.09. The highest BCUT2D eigenvalue weighted by molar-refractivity contribution is 7.89. The Hall–Kier alpha value is -0.390. The third-order valence-electron chi connectivity index (χ3n) is 4.37. The molecule has 0 aromatic rings. The summed E-state index contributed by atoms with van der Waals surface area (Å²) in [5.41, 5.74) is 1.53. The lowest BCUT2D eigenvalue weighted by molar-refractivity contribution is 0.370. The minimum atomic E-state index is -3.10. The van der Waals surface area contributed by atoms with E-state index in [1.807, 2.05) is 0 Å². The lowest BCUT2D eigenvalue weighted by atomic mass is 9.83. The Balaban J connectivity index is 1.96. The van der Waals surface area contributed by atoms with Crippen LogP contribution in [-0.2, 0) is 10.0 Å². The number of hydrogen-bond acceptors (Lipinski definition) is 3. The van der Waals surface area contributed by atoms with Gasteiger partial charge in [-0.15, -0.1) is 0 Å². The Labute approximate surface area is 123 Å². The van der Waals surface area contributed by atoms with Crippen LogP contribution in [0.25, 0.3) is 0 Å². The third kappa shape index (κ3) is 4.06. The van der Waals surface area contributed by atoms with Gasteiger partial charge in [0.2, 0.25) is 10.0 Å². The van der Waals surface area contributed by atoms with Crippen molar-refractivity contribution >= 4 is 10.0 Å². The number of hydrogen-bond donors (Lipinski definition) is 1. The van der Waals surface area contributed by atoms with Gasteiger partial charge < -0.3 is 5.32 Å². The summed E-state index contributed by atoms with van der Waals surface area (Å²) in [5, 5.41) is 3.29. The molecule has 1 N–H and O–H groups in total. The molecule has 0 radical (unpaired) electrons. The molecule has 2 rings (SSSR count). The first kappa shape index (κ1) is 16.0. The van der Waals surface area contributed by atoms with Crippen molar-refractivity contribution in [1.29, 1.82) is 0 Å². The topological polar surface area (TPSA) is 49.4 Å². The van der Waals surface area contributed by atoms with Gasteiger partial charge >= 0.3 is 0 Å². The van der Waals surface area contributed by atoms with Gasteiger partial charge in [0, 0.05) is 13.1 Å². The van der Waals surface area contributed by atoms with Crippen LogP contribution in [-0.4, -0.2) is 44.7 Å². The van der Waals surface area contributed by atoms with E-state index in [9.17, 15) is 8.42 Å². The molecule has 1 unspecified atom stereocenters. The smallest absolute Gasteiger partial charge is 0.214 e. The lowest BCUT2D eigenvalue weighted by Crippen LogP contribution is -2.42. The summed E-state index contributed by atoms with van der Waals surface area (Å²) >= 11 is 0. The summed E-state index contributed by atoms with van der Waals surface area (Å²) in [6, 6.07) is 0. The second kappa shape index (κ2) is 6.16. The van der Waals surface area contributed by atoms with Crippen molar-refractivity contribution in [2.24, 2.45) is 11.3 Å².